The lowest BCUT2D eigenvalue weighted by Gasteiger charge is -2.27. The van der Waals surface area contributed by atoms with E-state index in [1.54, 1.807) is 6.07 Å². The van der Waals surface area contributed by atoms with Crippen LogP contribution in [0.4, 0.5) is 10.1 Å². The van der Waals surface area contributed by atoms with Gasteiger partial charge in [-0.05, 0) is 48.7 Å². The highest BCUT2D eigenvalue weighted by Crippen LogP contribution is 2.33. The topological polar surface area (TPSA) is 74.4 Å². The van der Waals surface area contributed by atoms with E-state index in [0.717, 1.165) is 29.7 Å². The fourth-order valence-corrected chi connectivity index (χ4v) is 3.91. The number of aromatic hydroxyl groups is 1. The van der Waals surface area contributed by atoms with Crippen molar-refractivity contribution in [2.24, 2.45) is 10.7 Å². The van der Waals surface area contributed by atoms with Crippen molar-refractivity contribution in [2.45, 2.75) is 32.2 Å². The van der Waals surface area contributed by atoms with Crippen LogP contribution in [0, 0.1) is 5.82 Å². The van der Waals surface area contributed by atoms with E-state index in [2.05, 4.69) is 18.8 Å². The fraction of sp³-hybridized carbons (Fsp3) is 0.192. The van der Waals surface area contributed by atoms with Gasteiger partial charge in [-0.25, -0.2) is 9.38 Å². The molecule has 0 amide bonds. The number of H-pyrrole nitrogens is 1. The minimum atomic E-state index is -0.369. The minimum absolute atomic E-state index is 0.0437. The SMILES string of the molecule is CCC(N)(CC)c1ccc(N=C(c2ccccc2)c2c(O)[nH]c3cc(F)ccc23)cc1. The monoisotopic (exact) mass is 415 g/mol. The lowest BCUT2D eigenvalue weighted by Crippen LogP contribution is -2.34. The molecule has 0 radical (unpaired) electrons. The number of nitrogens with two attached hydrogens (primary N) is 1. The Labute approximate surface area is 181 Å². The summed E-state index contributed by atoms with van der Waals surface area (Å²) in [5.41, 5.74) is 10.5. The van der Waals surface area contributed by atoms with Crippen LogP contribution in [-0.2, 0) is 5.54 Å². The predicted octanol–water partition coefficient (Wildman–Crippen LogP) is 6.16. The maximum absolute atomic E-state index is 13.7. The zero-order valence-electron chi connectivity index (χ0n) is 17.7. The number of aromatic nitrogens is 1. The number of aliphatic imine (C=N–C) groups is 1. The van der Waals surface area contributed by atoms with Gasteiger partial charge in [0.15, 0.2) is 5.88 Å². The van der Waals surface area contributed by atoms with Crippen molar-refractivity contribution in [1.82, 2.24) is 4.98 Å². The summed E-state index contributed by atoms with van der Waals surface area (Å²) in [6.07, 6.45) is 1.70. The third-order valence-electron chi connectivity index (χ3n) is 5.97. The molecule has 4 rings (SSSR count). The van der Waals surface area contributed by atoms with E-state index >= 15 is 0 Å². The van der Waals surface area contributed by atoms with Crippen molar-refractivity contribution in [2.75, 3.05) is 0 Å². The van der Waals surface area contributed by atoms with Gasteiger partial charge in [0, 0.05) is 16.5 Å². The Hall–Kier alpha value is -3.44. The van der Waals surface area contributed by atoms with E-state index in [1.807, 2.05) is 54.6 Å². The van der Waals surface area contributed by atoms with Crippen LogP contribution in [0.3, 0.4) is 0 Å². The van der Waals surface area contributed by atoms with Gasteiger partial charge >= 0.3 is 0 Å². The molecule has 0 aliphatic carbocycles. The van der Waals surface area contributed by atoms with Crippen molar-refractivity contribution >= 4 is 22.3 Å². The highest BCUT2D eigenvalue weighted by molar-refractivity contribution is 6.21. The molecule has 4 aromatic rings. The van der Waals surface area contributed by atoms with Crippen LogP contribution in [-0.4, -0.2) is 15.8 Å². The Balaban J connectivity index is 1.86. The van der Waals surface area contributed by atoms with Gasteiger partial charge in [-0.2, -0.15) is 0 Å². The van der Waals surface area contributed by atoms with E-state index in [1.165, 1.54) is 12.1 Å². The Bertz CT molecular complexity index is 1220. The largest absolute Gasteiger partial charge is 0.494 e. The van der Waals surface area contributed by atoms with E-state index in [0.29, 0.717) is 22.2 Å². The van der Waals surface area contributed by atoms with E-state index in [-0.39, 0.29) is 17.2 Å². The number of aromatic amines is 1. The Morgan fingerprint density at radius 2 is 1.68 bits per heavy atom. The molecule has 0 atom stereocenters. The summed E-state index contributed by atoms with van der Waals surface area (Å²) in [4.78, 5) is 7.75. The molecule has 31 heavy (non-hydrogen) atoms. The molecule has 5 heteroatoms. The van der Waals surface area contributed by atoms with Crippen molar-refractivity contribution in [3.05, 3.63) is 95.3 Å². The van der Waals surface area contributed by atoms with Crippen LogP contribution in [0.2, 0.25) is 0 Å². The number of fused-ring (bicyclic) bond motifs is 1. The molecule has 158 valence electrons. The van der Waals surface area contributed by atoms with Crippen LogP contribution in [0.25, 0.3) is 10.9 Å². The van der Waals surface area contributed by atoms with Crippen molar-refractivity contribution < 1.29 is 9.50 Å². The lowest BCUT2D eigenvalue weighted by molar-refractivity contribution is 0.413. The molecule has 0 aliphatic heterocycles. The molecule has 4 N–H and O–H groups in total. The number of hydrogen-bond donors (Lipinski definition) is 3. The van der Waals surface area contributed by atoms with Gasteiger partial charge in [0.25, 0.3) is 0 Å². The first-order chi connectivity index (χ1) is 14.9. The number of hydrogen-bond acceptors (Lipinski definition) is 3. The van der Waals surface area contributed by atoms with E-state index in [9.17, 15) is 9.50 Å². The molecule has 1 aromatic heterocycles. The molecular formula is C26H26FN3O. The normalized spacial score (nSPS) is 12.5. The molecular weight excluding hydrogens is 389 g/mol. The standard InChI is InChI=1S/C26H26FN3O/c1-3-26(28,4-2)18-10-13-20(14-11-18)29-24(17-8-6-5-7-9-17)23-21-15-12-19(27)16-22(21)30-25(23)31/h5-16,30-31H,3-4,28H2,1-2H3. The second-order valence-corrected chi connectivity index (χ2v) is 7.78. The molecule has 0 saturated carbocycles. The number of nitrogens with one attached hydrogen (secondary N) is 1. The second-order valence-electron chi connectivity index (χ2n) is 7.78. The van der Waals surface area contributed by atoms with Crippen molar-refractivity contribution in [3.63, 3.8) is 0 Å². The Morgan fingerprint density at radius 3 is 2.32 bits per heavy atom. The van der Waals surface area contributed by atoms with Gasteiger partial charge in [-0.1, -0.05) is 56.3 Å². The smallest absolute Gasteiger partial charge is 0.199 e. The summed E-state index contributed by atoms with van der Waals surface area (Å²) in [5.74, 6) is -0.413. The van der Waals surface area contributed by atoms with Crippen LogP contribution in [0.15, 0.2) is 77.8 Å². The maximum Gasteiger partial charge on any atom is 0.199 e. The van der Waals surface area contributed by atoms with Crippen LogP contribution >= 0.6 is 0 Å². The summed E-state index contributed by atoms with van der Waals surface area (Å²) in [6.45, 7) is 4.18. The molecule has 0 bridgehead atoms. The maximum atomic E-state index is 13.7. The Kier molecular flexibility index (Phi) is 5.61. The quantitative estimate of drug-likeness (QED) is 0.330. The number of benzene rings is 3. The van der Waals surface area contributed by atoms with Crippen molar-refractivity contribution in [3.8, 4) is 5.88 Å². The summed E-state index contributed by atoms with van der Waals surface area (Å²) in [6, 6.07) is 22.0. The fourth-order valence-electron chi connectivity index (χ4n) is 3.91. The predicted molar refractivity (Wildman–Crippen MR) is 125 cm³/mol. The van der Waals surface area contributed by atoms with Crippen LogP contribution in [0.1, 0.15) is 43.4 Å². The molecule has 0 saturated heterocycles. The first kappa shape index (κ1) is 20.8. The summed E-state index contributed by atoms with van der Waals surface area (Å²) in [7, 11) is 0. The van der Waals surface area contributed by atoms with Gasteiger partial charge in [-0.3, -0.25) is 0 Å². The zero-order valence-corrected chi connectivity index (χ0v) is 17.7. The Morgan fingerprint density at radius 1 is 1.00 bits per heavy atom. The number of nitrogens with zero attached hydrogens (tertiary/aromatic N) is 1. The third kappa shape index (κ3) is 3.97. The molecule has 0 spiro atoms. The van der Waals surface area contributed by atoms with Gasteiger partial charge in [-0.15, -0.1) is 0 Å². The first-order valence-corrected chi connectivity index (χ1v) is 10.5. The first-order valence-electron chi connectivity index (χ1n) is 10.5. The van der Waals surface area contributed by atoms with Gasteiger partial charge in [0.05, 0.1) is 22.5 Å². The lowest BCUT2D eigenvalue weighted by atomic mass is 9.86. The number of halogens is 1. The van der Waals surface area contributed by atoms with Crippen LogP contribution < -0.4 is 5.73 Å². The molecule has 3 aromatic carbocycles. The highest BCUT2D eigenvalue weighted by atomic mass is 19.1. The van der Waals surface area contributed by atoms with Crippen LogP contribution in [0.5, 0.6) is 5.88 Å². The zero-order chi connectivity index (χ0) is 22.0. The average molecular weight is 416 g/mol. The summed E-state index contributed by atoms with van der Waals surface area (Å²) in [5, 5.41) is 11.4. The van der Waals surface area contributed by atoms with Gasteiger partial charge < -0.3 is 15.8 Å². The summed E-state index contributed by atoms with van der Waals surface area (Å²) >= 11 is 0. The molecule has 0 aliphatic rings. The molecule has 0 fully saturated rings. The average Bonchev–Trinajstić information content (AvgIpc) is 3.12. The molecule has 0 unspecified atom stereocenters. The van der Waals surface area contributed by atoms with Gasteiger partial charge in [0.2, 0.25) is 0 Å². The van der Waals surface area contributed by atoms with Gasteiger partial charge in [0.1, 0.15) is 5.82 Å². The highest BCUT2D eigenvalue weighted by Gasteiger charge is 2.23. The van der Waals surface area contributed by atoms with E-state index < -0.39 is 0 Å². The molecule has 1 heterocycles. The third-order valence-corrected chi connectivity index (χ3v) is 5.97. The van der Waals surface area contributed by atoms with E-state index in [4.69, 9.17) is 10.7 Å². The second kappa shape index (κ2) is 8.36. The minimum Gasteiger partial charge on any atom is -0.494 e. The number of rotatable bonds is 6. The molecule has 4 nitrogen and oxygen atoms in total. The summed E-state index contributed by atoms with van der Waals surface area (Å²) < 4.78 is 13.7. The van der Waals surface area contributed by atoms with Crippen molar-refractivity contribution in [1.29, 1.82) is 0 Å².